The molecule has 0 amide bonds. The van der Waals surface area contributed by atoms with Crippen LogP contribution in [0.25, 0.3) is 0 Å². The maximum atomic E-state index is 12.5. The van der Waals surface area contributed by atoms with E-state index in [9.17, 15) is 8.78 Å². The number of pyridine rings is 1. The van der Waals surface area contributed by atoms with Gasteiger partial charge in [0.25, 0.3) is 0 Å². The lowest BCUT2D eigenvalue weighted by Gasteiger charge is -1.95. The quantitative estimate of drug-likeness (QED) is 0.645. The van der Waals surface area contributed by atoms with E-state index in [0.717, 1.165) is 6.07 Å². The smallest absolute Gasteiger partial charge is 0.181 e. The molecule has 0 aliphatic heterocycles. The van der Waals surface area contributed by atoms with Crippen molar-refractivity contribution in [3.8, 4) is 0 Å². The van der Waals surface area contributed by atoms with Crippen LogP contribution < -0.4 is 0 Å². The first-order chi connectivity index (χ1) is 4.75. The maximum Gasteiger partial charge on any atom is 0.181 e. The summed E-state index contributed by atoms with van der Waals surface area (Å²) in [6.07, 6.45) is 1.23. The van der Waals surface area contributed by atoms with Crippen molar-refractivity contribution >= 4 is 15.9 Å². The predicted octanol–water partition coefficient (Wildman–Crippen LogP) is 2.25. The van der Waals surface area contributed by atoms with Crippen molar-refractivity contribution in [1.82, 2.24) is 4.98 Å². The highest BCUT2D eigenvalue weighted by Crippen LogP contribution is 2.10. The van der Waals surface area contributed by atoms with E-state index in [1.54, 1.807) is 0 Å². The van der Waals surface area contributed by atoms with Crippen molar-refractivity contribution in [2.75, 3.05) is 0 Å². The maximum absolute atomic E-state index is 12.5. The Morgan fingerprint density at radius 3 is 2.70 bits per heavy atom. The van der Waals surface area contributed by atoms with Gasteiger partial charge in [-0.3, -0.25) is 4.98 Å². The Labute approximate surface area is 65.2 Å². The molecule has 0 saturated heterocycles. The molecule has 10 heavy (non-hydrogen) atoms. The lowest BCUT2D eigenvalue weighted by Crippen LogP contribution is -1.93. The van der Waals surface area contributed by atoms with Crippen LogP contribution >= 0.6 is 15.9 Å². The molecule has 0 bridgehead atoms. The molecule has 0 aromatic carbocycles. The molecule has 0 saturated carbocycles. The lowest BCUT2D eigenvalue weighted by molar-refractivity contribution is 0.496. The van der Waals surface area contributed by atoms with E-state index in [2.05, 4.69) is 20.9 Å². The average Bonchev–Trinajstić information content (AvgIpc) is 1.95. The Bertz CT molecular complexity index is 239. The molecular weight excluding hydrogens is 204 g/mol. The molecule has 1 aromatic rings. The molecule has 54 valence electrons. The molecule has 0 aliphatic carbocycles. The zero-order chi connectivity index (χ0) is 7.56. The molecule has 0 unspecified atom stereocenters. The van der Waals surface area contributed by atoms with Gasteiger partial charge in [0, 0.05) is 11.5 Å². The van der Waals surface area contributed by atoms with Gasteiger partial charge in [0.2, 0.25) is 0 Å². The van der Waals surface area contributed by atoms with Crippen LogP contribution in [0.4, 0.5) is 8.78 Å². The largest absolute Gasteiger partial charge is 0.257 e. The van der Waals surface area contributed by atoms with Gasteiger partial charge in [0.05, 0.1) is 5.69 Å². The van der Waals surface area contributed by atoms with Gasteiger partial charge in [0.1, 0.15) is 0 Å². The second-order valence-corrected chi connectivity index (χ2v) is 2.25. The van der Waals surface area contributed by atoms with Gasteiger partial charge in [-0.25, -0.2) is 8.78 Å². The summed E-state index contributed by atoms with van der Waals surface area (Å²) in [7, 11) is 0. The second kappa shape index (κ2) is 3.05. The summed E-state index contributed by atoms with van der Waals surface area (Å²) in [5.41, 5.74) is 0.0972. The zero-order valence-electron chi connectivity index (χ0n) is 4.94. The van der Waals surface area contributed by atoms with Gasteiger partial charge >= 0.3 is 0 Å². The summed E-state index contributed by atoms with van der Waals surface area (Å²) in [6.45, 7) is 0. The van der Waals surface area contributed by atoms with E-state index in [4.69, 9.17) is 0 Å². The third-order valence-electron chi connectivity index (χ3n) is 1.04. The second-order valence-electron chi connectivity index (χ2n) is 1.69. The molecule has 1 rings (SSSR count). The first-order valence-corrected chi connectivity index (χ1v) is 3.72. The Morgan fingerprint density at radius 1 is 1.50 bits per heavy atom. The van der Waals surface area contributed by atoms with Gasteiger partial charge in [-0.2, -0.15) is 0 Å². The van der Waals surface area contributed by atoms with Crippen LogP contribution in [0.3, 0.4) is 0 Å². The Balaban J connectivity index is 3.14. The van der Waals surface area contributed by atoms with Crippen LogP contribution in [0.1, 0.15) is 5.69 Å². The van der Waals surface area contributed by atoms with Gasteiger partial charge < -0.3 is 0 Å². The summed E-state index contributed by atoms with van der Waals surface area (Å²) in [5.74, 6) is -1.73. The van der Waals surface area contributed by atoms with Crippen molar-refractivity contribution in [3.63, 3.8) is 0 Å². The molecule has 0 aliphatic rings. The highest BCUT2D eigenvalue weighted by Gasteiger charge is 2.06. The first-order valence-electron chi connectivity index (χ1n) is 2.60. The molecule has 1 heterocycles. The fraction of sp³-hybridized carbons (Fsp3) is 0.167. The van der Waals surface area contributed by atoms with Gasteiger partial charge in [0.15, 0.2) is 11.6 Å². The molecule has 0 spiro atoms. The Hall–Kier alpha value is -0.510. The topological polar surface area (TPSA) is 12.9 Å². The standard InChI is InChI=1S/C6H4BrF2N/c7-3-5-6(9)4(8)1-2-10-5/h1-2H,3H2. The molecule has 0 atom stereocenters. The number of aromatic nitrogens is 1. The van der Waals surface area contributed by atoms with E-state index in [0.29, 0.717) is 0 Å². The van der Waals surface area contributed by atoms with Crippen LogP contribution in [0.5, 0.6) is 0 Å². The highest BCUT2D eigenvalue weighted by atomic mass is 79.9. The van der Waals surface area contributed by atoms with Crippen LogP contribution in [-0.4, -0.2) is 4.98 Å². The van der Waals surface area contributed by atoms with Gasteiger partial charge in [-0.05, 0) is 6.07 Å². The molecule has 0 N–H and O–H groups in total. The van der Waals surface area contributed by atoms with Crippen molar-refractivity contribution in [2.45, 2.75) is 5.33 Å². The van der Waals surface area contributed by atoms with Crippen molar-refractivity contribution in [3.05, 3.63) is 29.6 Å². The van der Waals surface area contributed by atoms with E-state index in [1.165, 1.54) is 6.20 Å². The lowest BCUT2D eigenvalue weighted by atomic mass is 10.3. The molecule has 1 aromatic heterocycles. The number of nitrogens with zero attached hydrogens (tertiary/aromatic N) is 1. The van der Waals surface area contributed by atoms with E-state index in [-0.39, 0.29) is 11.0 Å². The summed E-state index contributed by atoms with van der Waals surface area (Å²) < 4.78 is 24.9. The van der Waals surface area contributed by atoms with Crippen LogP contribution in [-0.2, 0) is 5.33 Å². The number of rotatable bonds is 1. The van der Waals surface area contributed by atoms with Crippen LogP contribution in [0.2, 0.25) is 0 Å². The van der Waals surface area contributed by atoms with E-state index >= 15 is 0 Å². The number of hydrogen-bond donors (Lipinski definition) is 0. The predicted molar refractivity (Wildman–Crippen MR) is 36.8 cm³/mol. The molecule has 4 heteroatoms. The fourth-order valence-corrected chi connectivity index (χ4v) is 0.944. The molecule has 1 nitrogen and oxygen atoms in total. The minimum atomic E-state index is -0.876. The van der Waals surface area contributed by atoms with E-state index < -0.39 is 11.6 Å². The third kappa shape index (κ3) is 1.31. The van der Waals surface area contributed by atoms with Crippen LogP contribution in [0.15, 0.2) is 12.3 Å². The Morgan fingerprint density at radius 2 is 2.20 bits per heavy atom. The highest BCUT2D eigenvalue weighted by molar-refractivity contribution is 9.08. The summed E-state index contributed by atoms with van der Waals surface area (Å²) in [6, 6.07) is 0.988. The third-order valence-corrected chi connectivity index (χ3v) is 1.57. The summed E-state index contributed by atoms with van der Waals surface area (Å²) in [4.78, 5) is 3.60. The van der Waals surface area contributed by atoms with Crippen LogP contribution in [0, 0.1) is 11.6 Å². The number of halogens is 3. The van der Waals surface area contributed by atoms with E-state index in [1.807, 2.05) is 0 Å². The SMILES string of the molecule is Fc1ccnc(CBr)c1F. The molecule has 0 fully saturated rings. The number of hydrogen-bond acceptors (Lipinski definition) is 1. The zero-order valence-corrected chi connectivity index (χ0v) is 6.53. The van der Waals surface area contributed by atoms with Crippen molar-refractivity contribution in [2.24, 2.45) is 0 Å². The fourth-order valence-electron chi connectivity index (χ4n) is 0.554. The van der Waals surface area contributed by atoms with Gasteiger partial charge in [-0.15, -0.1) is 0 Å². The summed E-state index contributed by atoms with van der Waals surface area (Å²) in [5, 5.41) is 0.233. The number of alkyl halides is 1. The minimum absolute atomic E-state index is 0.0972. The molecular formula is C6H4BrF2N. The van der Waals surface area contributed by atoms with Gasteiger partial charge in [-0.1, -0.05) is 15.9 Å². The minimum Gasteiger partial charge on any atom is -0.257 e. The molecule has 0 radical (unpaired) electrons. The first kappa shape index (κ1) is 7.60. The monoisotopic (exact) mass is 207 g/mol. The normalized spacial score (nSPS) is 9.90. The van der Waals surface area contributed by atoms with Crippen molar-refractivity contribution < 1.29 is 8.78 Å². The summed E-state index contributed by atoms with van der Waals surface area (Å²) >= 11 is 2.97. The Kier molecular flexibility index (Phi) is 2.32. The average molecular weight is 208 g/mol. The van der Waals surface area contributed by atoms with Crippen molar-refractivity contribution in [1.29, 1.82) is 0 Å².